The molecule has 0 radical (unpaired) electrons. The molecule has 7 nitrogen and oxygen atoms in total. The highest BCUT2D eigenvalue weighted by Crippen LogP contribution is 2.40. The van der Waals surface area contributed by atoms with E-state index in [9.17, 15) is 0 Å². The van der Waals surface area contributed by atoms with Crippen molar-refractivity contribution >= 4 is 28.9 Å². The highest BCUT2D eigenvalue weighted by Gasteiger charge is 2.45. The molecule has 35 heavy (non-hydrogen) atoms. The van der Waals surface area contributed by atoms with Crippen LogP contribution in [0.4, 0.5) is 5.69 Å². The zero-order valence-corrected chi connectivity index (χ0v) is 21.3. The Bertz CT molecular complexity index is 1100. The molecule has 2 aliphatic heterocycles. The lowest BCUT2D eigenvalue weighted by molar-refractivity contribution is -0.189. The van der Waals surface area contributed by atoms with Gasteiger partial charge in [0.15, 0.2) is 0 Å². The van der Waals surface area contributed by atoms with Crippen LogP contribution in [-0.4, -0.2) is 66.5 Å². The van der Waals surface area contributed by atoms with Crippen molar-refractivity contribution in [2.24, 2.45) is 0 Å². The fourth-order valence-corrected chi connectivity index (χ4v) is 5.19. The van der Waals surface area contributed by atoms with Crippen LogP contribution in [-0.2, 0) is 21.8 Å². The Labute approximate surface area is 216 Å². The second-order valence-corrected chi connectivity index (χ2v) is 9.73. The SMILES string of the molecule is CCN1CCN(c2ccc(OC[C@@H]3CO[C@@](Cn4ccnc4)(c4ccc(Cl)cc4Cl)O3)cc2)CC1. The summed E-state index contributed by atoms with van der Waals surface area (Å²) in [4.78, 5) is 9.03. The van der Waals surface area contributed by atoms with Crippen LogP contribution in [0, 0.1) is 0 Å². The van der Waals surface area contributed by atoms with Gasteiger partial charge in [-0.15, -0.1) is 0 Å². The van der Waals surface area contributed by atoms with Crippen molar-refractivity contribution in [2.45, 2.75) is 25.4 Å². The second kappa shape index (κ2) is 10.8. The van der Waals surface area contributed by atoms with Gasteiger partial charge in [-0.05, 0) is 42.9 Å². The van der Waals surface area contributed by atoms with Crippen LogP contribution < -0.4 is 9.64 Å². The van der Waals surface area contributed by atoms with Gasteiger partial charge < -0.3 is 28.6 Å². The Hall–Kier alpha value is -2.29. The third-order valence-electron chi connectivity index (χ3n) is 6.61. The first-order valence-corrected chi connectivity index (χ1v) is 12.7. The molecule has 2 atom stereocenters. The average molecular weight is 517 g/mol. The molecule has 2 saturated heterocycles. The Balaban J connectivity index is 1.23. The first kappa shape index (κ1) is 24.4. The van der Waals surface area contributed by atoms with Crippen molar-refractivity contribution in [1.29, 1.82) is 0 Å². The maximum atomic E-state index is 6.55. The lowest BCUT2D eigenvalue weighted by atomic mass is 10.1. The minimum Gasteiger partial charge on any atom is -0.491 e. The molecule has 0 bridgehead atoms. The summed E-state index contributed by atoms with van der Waals surface area (Å²) in [5, 5.41) is 1.06. The molecule has 0 aliphatic carbocycles. The van der Waals surface area contributed by atoms with Crippen molar-refractivity contribution in [2.75, 3.05) is 50.8 Å². The van der Waals surface area contributed by atoms with Gasteiger partial charge in [-0.3, -0.25) is 0 Å². The molecule has 3 heterocycles. The van der Waals surface area contributed by atoms with Gasteiger partial charge in [0.1, 0.15) is 18.5 Å². The highest BCUT2D eigenvalue weighted by molar-refractivity contribution is 6.35. The molecule has 0 amide bonds. The number of rotatable bonds is 8. The van der Waals surface area contributed by atoms with Crippen molar-refractivity contribution in [1.82, 2.24) is 14.5 Å². The van der Waals surface area contributed by atoms with Gasteiger partial charge in [-0.25, -0.2) is 4.98 Å². The Morgan fingerprint density at radius 3 is 2.57 bits per heavy atom. The number of nitrogens with zero attached hydrogens (tertiary/aromatic N) is 4. The molecular weight excluding hydrogens is 487 g/mol. The first-order chi connectivity index (χ1) is 17.0. The van der Waals surface area contributed by atoms with Crippen LogP contribution in [0.2, 0.25) is 10.0 Å². The molecule has 0 N–H and O–H groups in total. The van der Waals surface area contributed by atoms with Crippen molar-refractivity contribution in [3.8, 4) is 5.75 Å². The summed E-state index contributed by atoms with van der Waals surface area (Å²) in [5.74, 6) is -0.248. The second-order valence-electron chi connectivity index (χ2n) is 8.89. The predicted octanol–water partition coefficient (Wildman–Crippen LogP) is 4.68. The summed E-state index contributed by atoms with van der Waals surface area (Å²) in [6, 6.07) is 13.6. The summed E-state index contributed by atoms with van der Waals surface area (Å²) in [6.07, 6.45) is 5.06. The number of hydrogen-bond donors (Lipinski definition) is 0. The average Bonchev–Trinajstić information content (AvgIpc) is 3.54. The Morgan fingerprint density at radius 1 is 1.09 bits per heavy atom. The molecule has 3 aromatic rings. The molecule has 0 saturated carbocycles. The molecule has 2 aromatic carbocycles. The number of piperazine rings is 1. The van der Waals surface area contributed by atoms with Crippen LogP contribution in [0.25, 0.3) is 0 Å². The Kier molecular flexibility index (Phi) is 7.51. The number of hydrogen-bond acceptors (Lipinski definition) is 6. The van der Waals surface area contributed by atoms with Gasteiger partial charge in [0.25, 0.3) is 0 Å². The van der Waals surface area contributed by atoms with E-state index < -0.39 is 5.79 Å². The van der Waals surface area contributed by atoms with Gasteiger partial charge in [0, 0.05) is 54.8 Å². The Morgan fingerprint density at radius 2 is 1.89 bits per heavy atom. The zero-order valence-electron chi connectivity index (χ0n) is 19.8. The number of likely N-dealkylation sites (N-methyl/N-ethyl adjacent to an activating group) is 1. The number of anilines is 1. The van der Waals surface area contributed by atoms with E-state index in [2.05, 4.69) is 33.8 Å². The molecule has 2 fully saturated rings. The molecular formula is C26H30Cl2N4O3. The standard InChI is InChI=1S/C26H30Cl2N4O3/c1-2-30-11-13-32(14-12-30)21-4-6-22(7-5-21)33-16-23-17-34-26(35-23,18-31-10-9-29-19-31)24-8-3-20(27)15-25(24)28/h3-10,15,19,23H,2,11-14,16-18H2,1H3/t23-,26-/m1/s1. The van der Waals surface area contributed by atoms with E-state index in [4.69, 9.17) is 37.4 Å². The van der Waals surface area contributed by atoms with Crippen LogP contribution in [0.1, 0.15) is 12.5 Å². The smallest absolute Gasteiger partial charge is 0.215 e. The monoisotopic (exact) mass is 516 g/mol. The van der Waals surface area contributed by atoms with E-state index in [-0.39, 0.29) is 6.10 Å². The molecule has 186 valence electrons. The van der Waals surface area contributed by atoms with E-state index in [0.717, 1.165) is 44.0 Å². The number of ether oxygens (including phenoxy) is 3. The molecule has 5 rings (SSSR count). The van der Waals surface area contributed by atoms with Crippen LogP contribution in [0.15, 0.2) is 61.2 Å². The van der Waals surface area contributed by atoms with Crippen molar-refractivity contribution in [3.05, 3.63) is 76.8 Å². The summed E-state index contributed by atoms with van der Waals surface area (Å²) in [6.45, 7) is 8.79. The van der Waals surface area contributed by atoms with Gasteiger partial charge in [0.05, 0.1) is 24.5 Å². The van der Waals surface area contributed by atoms with Crippen LogP contribution in [0.5, 0.6) is 5.75 Å². The lowest BCUT2D eigenvalue weighted by Crippen LogP contribution is -2.46. The van der Waals surface area contributed by atoms with Crippen molar-refractivity contribution < 1.29 is 14.2 Å². The van der Waals surface area contributed by atoms with E-state index in [1.807, 2.05) is 29.0 Å². The summed E-state index contributed by atoms with van der Waals surface area (Å²) in [5.41, 5.74) is 1.96. The molecule has 1 aromatic heterocycles. The quantitative estimate of drug-likeness (QED) is 0.433. The fourth-order valence-electron chi connectivity index (χ4n) is 4.64. The minimum absolute atomic E-state index is 0.257. The number of benzene rings is 2. The predicted molar refractivity (Wildman–Crippen MR) is 137 cm³/mol. The van der Waals surface area contributed by atoms with Crippen molar-refractivity contribution in [3.63, 3.8) is 0 Å². The third-order valence-corrected chi connectivity index (χ3v) is 7.16. The molecule has 0 spiro atoms. The van der Waals surface area contributed by atoms with Gasteiger partial charge >= 0.3 is 0 Å². The van der Waals surface area contributed by atoms with E-state index >= 15 is 0 Å². The van der Waals surface area contributed by atoms with E-state index in [0.29, 0.717) is 29.8 Å². The largest absolute Gasteiger partial charge is 0.491 e. The van der Waals surface area contributed by atoms with Gasteiger partial charge in [-0.2, -0.15) is 0 Å². The fraction of sp³-hybridized carbons (Fsp3) is 0.423. The van der Waals surface area contributed by atoms with Gasteiger partial charge in [-0.1, -0.05) is 36.2 Å². The topological polar surface area (TPSA) is 52.0 Å². The third kappa shape index (κ3) is 5.60. The minimum atomic E-state index is -1.05. The summed E-state index contributed by atoms with van der Waals surface area (Å²) >= 11 is 12.7. The number of aromatic nitrogens is 2. The van der Waals surface area contributed by atoms with Gasteiger partial charge in [0.2, 0.25) is 5.79 Å². The van der Waals surface area contributed by atoms with E-state index in [1.165, 1.54) is 5.69 Å². The lowest BCUT2D eigenvalue weighted by Gasteiger charge is -2.35. The van der Waals surface area contributed by atoms with Crippen LogP contribution in [0.3, 0.4) is 0 Å². The van der Waals surface area contributed by atoms with Crippen LogP contribution >= 0.6 is 23.2 Å². The number of imidazole rings is 1. The molecule has 2 aliphatic rings. The maximum absolute atomic E-state index is 6.55. The molecule has 0 unspecified atom stereocenters. The summed E-state index contributed by atoms with van der Waals surface area (Å²) in [7, 11) is 0. The summed E-state index contributed by atoms with van der Waals surface area (Å²) < 4.78 is 20.7. The highest BCUT2D eigenvalue weighted by atomic mass is 35.5. The zero-order chi connectivity index (χ0) is 24.3. The van der Waals surface area contributed by atoms with E-state index in [1.54, 1.807) is 24.7 Å². The molecule has 9 heteroatoms. The maximum Gasteiger partial charge on any atom is 0.215 e. The first-order valence-electron chi connectivity index (χ1n) is 12.0. The number of halogens is 2. The normalized spacial score (nSPS) is 23.1.